The third-order valence-electron chi connectivity index (χ3n) is 10.3. The van der Waals surface area contributed by atoms with Gasteiger partial charge in [-0.3, -0.25) is 19.0 Å². The Hall–Kier alpha value is -4.09. The van der Waals surface area contributed by atoms with Crippen molar-refractivity contribution in [2.24, 2.45) is 29.2 Å². The van der Waals surface area contributed by atoms with Gasteiger partial charge in [-0.1, -0.05) is 48.9 Å². The topological polar surface area (TPSA) is 115 Å². The molecule has 2 amide bonds. The van der Waals surface area contributed by atoms with Gasteiger partial charge in [-0.05, 0) is 91.3 Å². The Kier molecular flexibility index (Phi) is 9.08. The summed E-state index contributed by atoms with van der Waals surface area (Å²) in [6.45, 7) is 3.94. The van der Waals surface area contributed by atoms with Crippen LogP contribution in [-0.4, -0.2) is 58.4 Å². The summed E-state index contributed by atoms with van der Waals surface area (Å²) >= 11 is 6.43. The van der Waals surface area contributed by atoms with Crippen LogP contribution < -0.4 is 19.1 Å². The van der Waals surface area contributed by atoms with Gasteiger partial charge in [0.15, 0.2) is 0 Å². The van der Waals surface area contributed by atoms with Gasteiger partial charge < -0.3 is 14.4 Å². The smallest absolute Gasteiger partial charge is 0.286 e. The standard InChI is InChI=1S/C37H42ClN5O5S/c1-24-7-4-5-8-25-10-11-28(25)19-43-22-37(16-6-9-26-17-29(38)13-14-31(26)37)23-48-33-15-12-27(18-32(33)43)34(44)40-49(46,21-24)41-35(45)30-20-42(2)39-36(30)47-3/h4-5,7-8,12-15,17-18,20,24-25,28H,6,9-11,16,19,21-23H2,1-3H3,(H,40,41,44,45,46)/b7-4-,8-5+/t24-,25+,28-,37-,49?/m0/s1. The maximum absolute atomic E-state index is 14.4. The first-order valence-electron chi connectivity index (χ1n) is 16.9. The monoisotopic (exact) mass is 703 g/mol. The molecule has 49 heavy (non-hydrogen) atoms. The Morgan fingerprint density at radius 1 is 1.16 bits per heavy atom. The van der Waals surface area contributed by atoms with E-state index < -0.39 is 21.7 Å². The SMILES string of the molecule is COc1nn(C)cc1C(=O)NS1(=O)=NC(=O)c2ccc3c(c2)N(C[C@@H]2CC[C@H]2/C=C/C=C\[C@H](C)C1)C[C@@]1(CCCc2cc(Cl)ccc21)CO3. The molecule has 1 fully saturated rings. The molecular formula is C37H42ClN5O5S. The van der Waals surface area contributed by atoms with Crippen molar-refractivity contribution < 1.29 is 23.3 Å². The number of nitrogens with zero attached hydrogens (tertiary/aromatic N) is 4. The second-order valence-corrected chi connectivity index (χ2v) is 16.3. The zero-order valence-electron chi connectivity index (χ0n) is 28.1. The van der Waals surface area contributed by atoms with Crippen LogP contribution in [0.15, 0.2) is 71.3 Å². The van der Waals surface area contributed by atoms with E-state index in [-0.39, 0.29) is 34.1 Å². The average molecular weight is 704 g/mol. The van der Waals surface area contributed by atoms with Crippen LogP contribution in [0, 0.1) is 17.8 Å². The Bertz CT molecular complexity index is 1980. The number of hydrogen-bond donors (Lipinski definition) is 1. The molecule has 1 N–H and O–H groups in total. The van der Waals surface area contributed by atoms with E-state index >= 15 is 0 Å². The van der Waals surface area contributed by atoms with Gasteiger partial charge >= 0.3 is 0 Å². The van der Waals surface area contributed by atoms with Crippen LogP contribution in [-0.2, 0) is 28.8 Å². The molecule has 0 saturated heterocycles. The van der Waals surface area contributed by atoms with Gasteiger partial charge in [0.25, 0.3) is 11.8 Å². The summed E-state index contributed by atoms with van der Waals surface area (Å²) in [6, 6.07) is 11.5. The summed E-state index contributed by atoms with van der Waals surface area (Å²) in [5, 5.41) is 4.88. The number of aromatic nitrogens is 2. The molecule has 1 saturated carbocycles. The van der Waals surface area contributed by atoms with Gasteiger partial charge in [-0.2, -0.15) is 0 Å². The molecule has 4 aliphatic rings. The minimum absolute atomic E-state index is 0.0599. The number of carbonyl (C=O) groups excluding carboxylic acids is 2. The zero-order valence-corrected chi connectivity index (χ0v) is 29.6. The van der Waals surface area contributed by atoms with Gasteiger partial charge in [0.2, 0.25) is 5.88 Å². The molecule has 2 aromatic carbocycles. The number of carbonyl (C=O) groups is 2. The number of fused-ring (bicyclic) bond motifs is 4. The van der Waals surface area contributed by atoms with E-state index in [9.17, 15) is 13.8 Å². The lowest BCUT2D eigenvalue weighted by Crippen LogP contribution is -2.48. The van der Waals surface area contributed by atoms with Crippen LogP contribution in [0.4, 0.5) is 5.69 Å². The van der Waals surface area contributed by atoms with Crippen LogP contribution in [0.1, 0.15) is 64.4 Å². The number of ether oxygens (including phenoxy) is 2. The third-order valence-corrected chi connectivity index (χ3v) is 12.5. The number of nitrogens with one attached hydrogen (secondary N) is 1. The van der Waals surface area contributed by atoms with Gasteiger partial charge in [0.1, 0.15) is 21.2 Å². The normalized spacial score (nSPS) is 29.3. The summed E-state index contributed by atoms with van der Waals surface area (Å²) in [4.78, 5) is 29.7. The molecule has 5 atom stereocenters. The molecule has 2 aliphatic heterocycles. The molecular weight excluding hydrogens is 662 g/mol. The van der Waals surface area contributed by atoms with E-state index in [0.717, 1.165) is 55.9 Å². The lowest BCUT2D eigenvalue weighted by Gasteiger charge is -2.44. The van der Waals surface area contributed by atoms with Crippen LogP contribution in [0.3, 0.4) is 0 Å². The summed E-state index contributed by atoms with van der Waals surface area (Å²) in [5.41, 5.74) is 3.50. The van der Waals surface area contributed by atoms with Crippen LogP contribution in [0.25, 0.3) is 0 Å². The Morgan fingerprint density at radius 2 is 2.00 bits per heavy atom. The van der Waals surface area contributed by atoms with Crippen molar-refractivity contribution in [2.45, 2.75) is 44.4 Å². The second-order valence-electron chi connectivity index (χ2n) is 13.9. The van der Waals surface area contributed by atoms with Crippen LogP contribution in [0.5, 0.6) is 11.6 Å². The lowest BCUT2D eigenvalue weighted by molar-refractivity contribution is 0.0979. The van der Waals surface area contributed by atoms with Gasteiger partial charge in [0, 0.05) is 42.3 Å². The van der Waals surface area contributed by atoms with Crippen molar-refractivity contribution in [1.29, 1.82) is 0 Å². The summed E-state index contributed by atoms with van der Waals surface area (Å²) in [7, 11) is -0.527. The Labute approximate surface area is 292 Å². The fourth-order valence-corrected chi connectivity index (χ4v) is 9.74. The predicted octanol–water partition coefficient (Wildman–Crippen LogP) is 6.30. The highest BCUT2D eigenvalue weighted by atomic mass is 35.5. The predicted molar refractivity (Wildman–Crippen MR) is 191 cm³/mol. The highest BCUT2D eigenvalue weighted by Gasteiger charge is 2.43. The second kappa shape index (κ2) is 13.3. The molecule has 2 aliphatic carbocycles. The molecule has 2 bridgehead atoms. The van der Waals surface area contributed by atoms with Crippen molar-refractivity contribution in [3.05, 3.63) is 94.2 Å². The molecule has 3 heterocycles. The number of anilines is 1. The number of hydrogen-bond acceptors (Lipinski definition) is 7. The minimum Gasteiger partial charge on any atom is -0.490 e. The summed E-state index contributed by atoms with van der Waals surface area (Å²) in [5.74, 6) is -0.00852. The van der Waals surface area contributed by atoms with Gasteiger partial charge in [-0.15, -0.1) is 9.46 Å². The molecule has 0 radical (unpaired) electrons. The Balaban J connectivity index is 1.29. The van der Waals surface area contributed by atoms with Crippen LogP contribution >= 0.6 is 11.6 Å². The first-order chi connectivity index (χ1) is 23.5. The van der Waals surface area contributed by atoms with Crippen LogP contribution in [0.2, 0.25) is 5.02 Å². The molecule has 7 rings (SSSR count). The van der Waals surface area contributed by atoms with Gasteiger partial charge in [0.05, 0.1) is 25.2 Å². The fraction of sp³-hybridized carbons (Fsp3) is 0.432. The molecule has 1 unspecified atom stereocenters. The van der Waals surface area contributed by atoms with E-state index in [1.54, 1.807) is 13.1 Å². The molecule has 1 aromatic heterocycles. The molecule has 3 aromatic rings. The Morgan fingerprint density at radius 3 is 2.80 bits per heavy atom. The molecule has 10 nitrogen and oxygen atoms in total. The molecule has 12 heteroatoms. The van der Waals surface area contributed by atoms with Crippen molar-refractivity contribution in [3.8, 4) is 11.6 Å². The third kappa shape index (κ3) is 6.75. The van der Waals surface area contributed by atoms with E-state index in [4.69, 9.17) is 21.1 Å². The number of aryl methyl sites for hydroxylation is 2. The number of benzene rings is 2. The first-order valence-corrected chi connectivity index (χ1v) is 19.0. The van der Waals surface area contributed by atoms with E-state index in [2.05, 4.69) is 43.4 Å². The van der Waals surface area contributed by atoms with Crippen molar-refractivity contribution >= 4 is 39.0 Å². The summed E-state index contributed by atoms with van der Waals surface area (Å²) < 4.78 is 34.5. The van der Waals surface area contributed by atoms with E-state index in [1.807, 2.05) is 37.3 Å². The number of amides is 2. The maximum atomic E-state index is 14.4. The van der Waals surface area contributed by atoms with Crippen molar-refractivity contribution in [2.75, 3.05) is 37.5 Å². The lowest BCUT2D eigenvalue weighted by atomic mass is 9.69. The summed E-state index contributed by atoms with van der Waals surface area (Å²) in [6.07, 6.45) is 14.9. The van der Waals surface area contributed by atoms with Crippen molar-refractivity contribution in [1.82, 2.24) is 14.5 Å². The molecule has 1 spiro atoms. The fourth-order valence-electron chi connectivity index (χ4n) is 7.74. The zero-order chi connectivity index (χ0) is 34.3. The van der Waals surface area contributed by atoms with Gasteiger partial charge in [-0.25, -0.2) is 4.21 Å². The quantitative estimate of drug-likeness (QED) is 0.341. The highest BCUT2D eigenvalue weighted by molar-refractivity contribution is 7.92. The number of methoxy groups -OCH3 is 1. The first kappa shape index (κ1) is 33.4. The highest BCUT2D eigenvalue weighted by Crippen LogP contribution is 2.46. The largest absolute Gasteiger partial charge is 0.490 e. The minimum atomic E-state index is -3.58. The van der Waals surface area contributed by atoms with E-state index in [1.165, 1.54) is 29.1 Å². The number of allylic oxidation sites excluding steroid dienone is 4. The number of halogens is 1. The van der Waals surface area contributed by atoms with E-state index in [0.29, 0.717) is 24.2 Å². The average Bonchev–Trinajstić information content (AvgIpc) is 3.37. The maximum Gasteiger partial charge on any atom is 0.286 e. The molecule has 258 valence electrons. The number of rotatable bonds is 3. The van der Waals surface area contributed by atoms with Crippen molar-refractivity contribution in [3.63, 3.8) is 0 Å².